The van der Waals surface area contributed by atoms with E-state index in [4.69, 9.17) is 46.4 Å². The summed E-state index contributed by atoms with van der Waals surface area (Å²) in [6.07, 6.45) is 0. The van der Waals surface area contributed by atoms with Crippen molar-refractivity contribution in [1.29, 1.82) is 0 Å². The first-order valence-electron chi connectivity index (χ1n) is 2.62. The average Bonchev–Trinajstić information content (AvgIpc) is 1.97. The second-order valence-corrected chi connectivity index (χ2v) is 4.05. The van der Waals surface area contributed by atoms with Crippen LogP contribution in [-0.2, 0) is 0 Å². The van der Waals surface area contributed by atoms with E-state index in [0.29, 0.717) is 20.1 Å². The number of hydrogen-bond acceptors (Lipinski definition) is 0. The van der Waals surface area contributed by atoms with Crippen molar-refractivity contribution in [1.82, 2.24) is 0 Å². The summed E-state index contributed by atoms with van der Waals surface area (Å²) in [5.74, 6) is 0. The van der Waals surface area contributed by atoms with Crippen LogP contribution in [0.3, 0.4) is 0 Å². The van der Waals surface area contributed by atoms with Gasteiger partial charge in [-0.05, 0) is 0 Å². The highest BCUT2D eigenvalue weighted by atomic mass is 35.5. The molecule has 0 saturated heterocycles. The number of halogens is 4. The number of hydrogen-bond donors (Lipinski definition) is 0. The molecule has 0 saturated carbocycles. The third-order valence-corrected chi connectivity index (χ3v) is 3.54. The molecule has 0 fully saturated rings. The zero-order valence-corrected chi connectivity index (χ0v) is 9.34. The third-order valence-electron chi connectivity index (χ3n) is 1.13. The lowest BCUT2D eigenvalue weighted by Gasteiger charge is -2.04. The van der Waals surface area contributed by atoms with Gasteiger partial charge in [0.05, 0.1) is 15.1 Å². The summed E-state index contributed by atoms with van der Waals surface area (Å²) in [6.45, 7) is 0. The van der Waals surface area contributed by atoms with Crippen LogP contribution in [0.15, 0.2) is 6.07 Å². The molecule has 2 radical (unpaired) electrons. The van der Waals surface area contributed by atoms with E-state index in [1.54, 1.807) is 6.07 Å². The highest BCUT2D eigenvalue weighted by molar-refractivity contribution is 6.56. The van der Waals surface area contributed by atoms with E-state index in [0.717, 1.165) is 4.43 Å². The van der Waals surface area contributed by atoms with Crippen molar-refractivity contribution in [2.24, 2.45) is 0 Å². The Morgan fingerprint density at radius 3 is 2.00 bits per heavy atom. The molecule has 0 aliphatic carbocycles. The molecule has 0 aromatic heterocycles. The van der Waals surface area contributed by atoms with Gasteiger partial charge in [-0.15, -0.1) is 4.43 Å². The number of rotatable bonds is 0. The maximum atomic E-state index is 5.76. The van der Waals surface area contributed by atoms with Crippen LogP contribution in [0, 0.1) is 0 Å². The van der Waals surface area contributed by atoms with E-state index < -0.39 is 0 Å². The zero-order chi connectivity index (χ0) is 8.59. The molecule has 0 bridgehead atoms. The third kappa shape index (κ3) is 1.98. The molecule has 0 nitrogen and oxygen atoms in total. The van der Waals surface area contributed by atoms with Crippen LogP contribution in [0.25, 0.3) is 0 Å². The van der Waals surface area contributed by atoms with E-state index in [1.807, 2.05) is 0 Å². The topological polar surface area (TPSA) is 0 Å². The Balaban J connectivity index is 3.46. The normalized spacial score (nSPS) is 10.2. The first kappa shape index (κ1) is 10.00. The van der Waals surface area contributed by atoms with Gasteiger partial charge >= 0.3 is 0 Å². The van der Waals surface area contributed by atoms with E-state index >= 15 is 0 Å². The van der Waals surface area contributed by atoms with Crippen LogP contribution in [0.5, 0.6) is 0 Å². The van der Waals surface area contributed by atoms with Gasteiger partial charge in [0.1, 0.15) is 0 Å². The maximum absolute atomic E-state index is 5.76. The van der Waals surface area contributed by atoms with Gasteiger partial charge in [0.2, 0.25) is 0 Å². The van der Waals surface area contributed by atoms with Crippen molar-refractivity contribution >= 4 is 67.1 Å². The van der Waals surface area contributed by atoms with Crippen LogP contribution in [0.1, 0.15) is 0 Å². The molecular weight excluding hydrogens is 241 g/mol. The quantitative estimate of drug-likeness (QED) is 0.372. The van der Waals surface area contributed by atoms with Crippen molar-refractivity contribution in [3.63, 3.8) is 0 Å². The van der Waals surface area contributed by atoms with Crippen LogP contribution in [-0.4, -0.2) is 16.3 Å². The second kappa shape index (κ2) is 3.75. The minimum Gasteiger partial charge on any atom is -0.118 e. The summed E-state index contributed by atoms with van der Waals surface area (Å²) in [4.78, 5) is 0. The maximum Gasteiger partial charge on any atom is 0.178 e. The molecule has 1 aromatic rings. The Morgan fingerprint density at radius 2 is 1.45 bits per heavy atom. The van der Waals surface area contributed by atoms with E-state index in [2.05, 4.69) is 16.3 Å². The van der Waals surface area contributed by atoms with E-state index in [1.165, 1.54) is 0 Å². The second-order valence-electron chi connectivity index (χ2n) is 1.89. The summed E-state index contributed by atoms with van der Waals surface area (Å²) in [5, 5.41) is 1.42. The lowest BCUT2D eigenvalue weighted by molar-refractivity contribution is 1.75. The van der Waals surface area contributed by atoms with Crippen LogP contribution >= 0.6 is 46.4 Å². The van der Waals surface area contributed by atoms with Gasteiger partial charge < -0.3 is 0 Å². The summed E-state index contributed by atoms with van der Waals surface area (Å²) in [6, 6.07) is 1.64. The fraction of sp³-hybridized carbons (Fsp3) is 0. The van der Waals surface area contributed by atoms with Crippen molar-refractivity contribution in [2.45, 2.75) is 0 Å². The molecule has 0 aliphatic rings. The Morgan fingerprint density at radius 1 is 0.909 bits per heavy atom. The molecule has 1 aromatic carbocycles. The minimum atomic E-state index is 0.296. The van der Waals surface area contributed by atoms with Crippen LogP contribution in [0.2, 0.25) is 20.1 Å². The summed E-state index contributed by atoms with van der Waals surface area (Å²) >= 11 is 25.3. The molecular formula is C6HAlCl4. The van der Waals surface area contributed by atoms with Crippen LogP contribution in [0.4, 0.5) is 0 Å². The Labute approximate surface area is 92.8 Å². The molecule has 56 valence electrons. The largest absolute Gasteiger partial charge is 0.178 e. The van der Waals surface area contributed by atoms with Crippen molar-refractivity contribution in [3.05, 3.63) is 26.2 Å². The molecule has 0 amide bonds. The van der Waals surface area contributed by atoms with Gasteiger partial charge in [0.15, 0.2) is 16.3 Å². The van der Waals surface area contributed by atoms with Crippen molar-refractivity contribution in [3.8, 4) is 0 Å². The summed E-state index contributed by atoms with van der Waals surface area (Å²) in [5.41, 5.74) is 0. The van der Waals surface area contributed by atoms with E-state index in [-0.39, 0.29) is 0 Å². The summed E-state index contributed by atoms with van der Waals surface area (Å²) in [7, 11) is 0. The highest BCUT2D eigenvalue weighted by Gasteiger charge is 2.08. The molecule has 0 N–H and O–H groups in total. The van der Waals surface area contributed by atoms with Gasteiger partial charge in [0, 0.05) is 5.02 Å². The zero-order valence-electron chi connectivity index (χ0n) is 5.17. The molecule has 0 atom stereocenters. The Bertz CT molecular complexity index is 271. The van der Waals surface area contributed by atoms with Gasteiger partial charge in [-0.2, -0.15) is 0 Å². The Hall–Kier alpha value is 0.912. The van der Waals surface area contributed by atoms with Gasteiger partial charge in [0.25, 0.3) is 0 Å². The first-order chi connectivity index (χ1) is 5.04. The minimum absolute atomic E-state index is 0.296. The summed E-state index contributed by atoms with van der Waals surface area (Å²) < 4.78 is 0.742. The van der Waals surface area contributed by atoms with Gasteiger partial charge in [-0.1, -0.05) is 52.5 Å². The Kier molecular flexibility index (Phi) is 3.41. The standard InChI is InChI=1S/C6HCl4.Al/c7-3-1-2-4(8)6(10)5(3)9;/h1H;. The van der Waals surface area contributed by atoms with Gasteiger partial charge in [-0.3, -0.25) is 0 Å². The molecule has 0 aliphatic heterocycles. The molecule has 0 spiro atoms. The molecule has 11 heavy (non-hydrogen) atoms. The smallest absolute Gasteiger partial charge is 0.118 e. The lowest BCUT2D eigenvalue weighted by atomic mass is 10.3. The SMILES string of the molecule is [Al][c]1cc(Cl)c(Cl)c(Cl)c1Cl. The van der Waals surface area contributed by atoms with Crippen LogP contribution < -0.4 is 4.43 Å². The van der Waals surface area contributed by atoms with E-state index in [9.17, 15) is 0 Å². The monoisotopic (exact) mass is 240 g/mol. The van der Waals surface area contributed by atoms with Crippen molar-refractivity contribution < 1.29 is 0 Å². The first-order valence-corrected chi connectivity index (χ1v) is 4.71. The predicted octanol–water partition coefficient (Wildman–Crippen LogP) is 3.09. The lowest BCUT2D eigenvalue weighted by Crippen LogP contribution is -2.04. The fourth-order valence-corrected chi connectivity index (χ4v) is 1.92. The molecule has 5 heteroatoms. The molecule has 0 heterocycles. The van der Waals surface area contributed by atoms with Gasteiger partial charge in [-0.25, -0.2) is 0 Å². The number of benzene rings is 1. The van der Waals surface area contributed by atoms with Crippen molar-refractivity contribution in [2.75, 3.05) is 0 Å². The molecule has 0 unspecified atom stereocenters. The molecule has 1 rings (SSSR count). The predicted molar refractivity (Wildman–Crippen MR) is 51.9 cm³/mol. The fourth-order valence-electron chi connectivity index (χ4n) is 0.591. The highest BCUT2D eigenvalue weighted by Crippen LogP contribution is 2.33. The average molecular weight is 242 g/mol.